The van der Waals surface area contributed by atoms with Gasteiger partial charge in [0.05, 0.1) is 12.6 Å². The van der Waals surface area contributed by atoms with Gasteiger partial charge < -0.3 is 10.0 Å². The molecule has 1 fully saturated rings. The number of hydrogen-bond donors (Lipinski definition) is 1. The summed E-state index contributed by atoms with van der Waals surface area (Å²) in [6.45, 7) is 6.82. The Labute approximate surface area is 98.2 Å². The molecule has 1 saturated carbocycles. The minimum Gasteiger partial charge on any atom is -0.391 e. The first-order valence-electron chi connectivity index (χ1n) is 6.22. The van der Waals surface area contributed by atoms with Crippen LogP contribution < -0.4 is 0 Å². The van der Waals surface area contributed by atoms with E-state index in [2.05, 4.69) is 18.7 Å². The third kappa shape index (κ3) is 4.10. The van der Waals surface area contributed by atoms with Gasteiger partial charge in [-0.25, -0.2) is 0 Å². The monoisotopic (exact) mass is 228 g/mol. The Morgan fingerprint density at radius 1 is 1.38 bits per heavy atom. The molecule has 0 aromatic rings. The zero-order valence-electron chi connectivity index (χ0n) is 10.6. The van der Waals surface area contributed by atoms with Crippen molar-refractivity contribution in [2.75, 3.05) is 33.2 Å². The SMILES string of the molecule is CCN(CC)CC(=O)N(C)CC(O)C1CC1. The van der Waals surface area contributed by atoms with Crippen molar-refractivity contribution in [1.29, 1.82) is 0 Å². The molecule has 0 aromatic carbocycles. The maximum absolute atomic E-state index is 11.8. The van der Waals surface area contributed by atoms with Gasteiger partial charge in [-0.15, -0.1) is 0 Å². The van der Waals surface area contributed by atoms with Crippen molar-refractivity contribution in [2.24, 2.45) is 5.92 Å². The highest BCUT2D eigenvalue weighted by molar-refractivity contribution is 5.78. The van der Waals surface area contributed by atoms with E-state index in [0.29, 0.717) is 19.0 Å². The third-order valence-electron chi connectivity index (χ3n) is 3.31. The average molecular weight is 228 g/mol. The maximum atomic E-state index is 11.8. The third-order valence-corrected chi connectivity index (χ3v) is 3.31. The van der Waals surface area contributed by atoms with E-state index in [0.717, 1.165) is 25.9 Å². The van der Waals surface area contributed by atoms with Gasteiger partial charge in [0.1, 0.15) is 0 Å². The molecule has 0 saturated heterocycles. The molecule has 16 heavy (non-hydrogen) atoms. The van der Waals surface area contributed by atoms with E-state index in [9.17, 15) is 9.90 Å². The molecule has 0 bridgehead atoms. The Morgan fingerprint density at radius 3 is 2.38 bits per heavy atom. The van der Waals surface area contributed by atoms with Crippen LogP contribution in [0.15, 0.2) is 0 Å². The number of hydrogen-bond acceptors (Lipinski definition) is 3. The van der Waals surface area contributed by atoms with Gasteiger partial charge in [-0.2, -0.15) is 0 Å². The summed E-state index contributed by atoms with van der Waals surface area (Å²) in [6.07, 6.45) is 1.89. The summed E-state index contributed by atoms with van der Waals surface area (Å²) in [5.41, 5.74) is 0. The number of amides is 1. The van der Waals surface area contributed by atoms with Gasteiger partial charge in [-0.1, -0.05) is 13.8 Å². The van der Waals surface area contributed by atoms with Gasteiger partial charge in [0.15, 0.2) is 0 Å². The van der Waals surface area contributed by atoms with Crippen molar-refractivity contribution in [1.82, 2.24) is 9.80 Å². The van der Waals surface area contributed by atoms with Crippen molar-refractivity contribution in [2.45, 2.75) is 32.8 Å². The molecule has 94 valence electrons. The van der Waals surface area contributed by atoms with Crippen molar-refractivity contribution in [3.8, 4) is 0 Å². The first-order chi connectivity index (χ1) is 7.58. The van der Waals surface area contributed by atoms with Gasteiger partial charge in [-0.3, -0.25) is 9.69 Å². The lowest BCUT2D eigenvalue weighted by Gasteiger charge is -2.24. The van der Waals surface area contributed by atoms with Gasteiger partial charge in [0.2, 0.25) is 5.91 Å². The van der Waals surface area contributed by atoms with Crippen molar-refractivity contribution in [3.63, 3.8) is 0 Å². The molecular weight excluding hydrogens is 204 g/mol. The van der Waals surface area contributed by atoms with Gasteiger partial charge in [0.25, 0.3) is 0 Å². The molecule has 4 heteroatoms. The summed E-state index contributed by atoms with van der Waals surface area (Å²) < 4.78 is 0. The standard InChI is InChI=1S/C12H24N2O2/c1-4-14(5-2)9-12(16)13(3)8-11(15)10-6-7-10/h10-11,15H,4-9H2,1-3H3. The molecule has 0 aromatic heterocycles. The molecule has 0 spiro atoms. The van der Waals surface area contributed by atoms with Gasteiger partial charge in [-0.05, 0) is 31.8 Å². The van der Waals surface area contributed by atoms with E-state index in [1.54, 1.807) is 11.9 Å². The van der Waals surface area contributed by atoms with Crippen LogP contribution in [0, 0.1) is 5.92 Å². The van der Waals surface area contributed by atoms with Crippen LogP contribution in [-0.4, -0.2) is 60.1 Å². The highest BCUT2D eigenvalue weighted by Gasteiger charge is 2.31. The first kappa shape index (κ1) is 13.5. The molecule has 1 aliphatic carbocycles. The van der Waals surface area contributed by atoms with Crippen LogP contribution in [0.4, 0.5) is 0 Å². The van der Waals surface area contributed by atoms with Crippen LogP contribution >= 0.6 is 0 Å². The van der Waals surface area contributed by atoms with Crippen LogP contribution in [0.25, 0.3) is 0 Å². The summed E-state index contributed by atoms with van der Waals surface area (Å²) in [6, 6.07) is 0. The Bertz CT molecular complexity index is 225. The van der Waals surface area contributed by atoms with Crippen LogP contribution in [-0.2, 0) is 4.79 Å². The predicted molar refractivity (Wildman–Crippen MR) is 64.2 cm³/mol. The lowest BCUT2D eigenvalue weighted by Crippen LogP contribution is -2.41. The Morgan fingerprint density at radius 2 is 1.94 bits per heavy atom. The number of carbonyl (C=O) groups is 1. The van der Waals surface area contributed by atoms with Crippen LogP contribution in [0.2, 0.25) is 0 Å². The van der Waals surface area contributed by atoms with Crippen molar-refractivity contribution < 1.29 is 9.90 Å². The number of nitrogens with zero attached hydrogens (tertiary/aromatic N) is 2. The van der Waals surface area contributed by atoms with E-state index in [1.165, 1.54) is 0 Å². The molecule has 0 aliphatic heterocycles. The van der Waals surface area contributed by atoms with E-state index < -0.39 is 0 Å². The molecule has 0 radical (unpaired) electrons. The van der Waals surface area contributed by atoms with Crippen molar-refractivity contribution in [3.05, 3.63) is 0 Å². The molecule has 1 unspecified atom stereocenters. The number of carbonyl (C=O) groups excluding carboxylic acids is 1. The molecule has 1 rings (SSSR count). The number of aliphatic hydroxyl groups excluding tert-OH is 1. The summed E-state index contributed by atoms with van der Waals surface area (Å²) in [5.74, 6) is 0.534. The number of likely N-dealkylation sites (N-methyl/N-ethyl adjacent to an activating group) is 2. The molecule has 1 N–H and O–H groups in total. The lowest BCUT2D eigenvalue weighted by atomic mass is 10.2. The molecule has 1 atom stereocenters. The fourth-order valence-electron chi connectivity index (χ4n) is 1.77. The Kier molecular flexibility index (Phi) is 5.22. The van der Waals surface area contributed by atoms with Crippen LogP contribution in [0.3, 0.4) is 0 Å². The fraction of sp³-hybridized carbons (Fsp3) is 0.917. The maximum Gasteiger partial charge on any atom is 0.236 e. The second-order valence-corrected chi connectivity index (χ2v) is 4.64. The summed E-state index contributed by atoms with van der Waals surface area (Å²) in [4.78, 5) is 15.6. The van der Waals surface area contributed by atoms with Gasteiger partial charge >= 0.3 is 0 Å². The van der Waals surface area contributed by atoms with Crippen LogP contribution in [0.1, 0.15) is 26.7 Å². The van der Waals surface area contributed by atoms with Gasteiger partial charge in [0, 0.05) is 13.6 Å². The Balaban J connectivity index is 2.28. The second-order valence-electron chi connectivity index (χ2n) is 4.64. The fourth-order valence-corrected chi connectivity index (χ4v) is 1.77. The first-order valence-corrected chi connectivity index (χ1v) is 6.22. The largest absolute Gasteiger partial charge is 0.391 e. The van der Waals surface area contributed by atoms with Crippen LogP contribution in [0.5, 0.6) is 0 Å². The minimum absolute atomic E-state index is 0.100. The zero-order valence-corrected chi connectivity index (χ0v) is 10.6. The molecule has 4 nitrogen and oxygen atoms in total. The number of rotatable bonds is 7. The molecule has 1 aliphatic rings. The summed E-state index contributed by atoms with van der Waals surface area (Å²) >= 11 is 0. The molecule has 0 heterocycles. The Hall–Kier alpha value is -0.610. The molecular formula is C12H24N2O2. The number of aliphatic hydroxyl groups is 1. The van der Waals surface area contributed by atoms with E-state index >= 15 is 0 Å². The normalized spacial score (nSPS) is 17.6. The van der Waals surface area contributed by atoms with Crippen molar-refractivity contribution >= 4 is 5.91 Å². The lowest BCUT2D eigenvalue weighted by molar-refractivity contribution is -0.132. The predicted octanol–water partition coefficient (Wildman–Crippen LogP) is 0.557. The topological polar surface area (TPSA) is 43.8 Å². The van der Waals surface area contributed by atoms with E-state index in [-0.39, 0.29) is 12.0 Å². The van der Waals surface area contributed by atoms with E-state index in [4.69, 9.17) is 0 Å². The zero-order chi connectivity index (χ0) is 12.1. The quantitative estimate of drug-likeness (QED) is 0.692. The smallest absolute Gasteiger partial charge is 0.236 e. The highest BCUT2D eigenvalue weighted by atomic mass is 16.3. The molecule has 1 amide bonds. The summed E-state index contributed by atoms with van der Waals surface area (Å²) in [5, 5.41) is 9.75. The summed E-state index contributed by atoms with van der Waals surface area (Å²) in [7, 11) is 1.78. The average Bonchev–Trinajstić information content (AvgIpc) is 3.08. The minimum atomic E-state index is -0.328. The second kappa shape index (κ2) is 6.21. The highest BCUT2D eigenvalue weighted by Crippen LogP contribution is 2.32. The van der Waals surface area contributed by atoms with E-state index in [1.807, 2.05) is 0 Å².